The maximum absolute atomic E-state index is 4.45. The topological polar surface area (TPSA) is 62.7 Å². The third-order valence-electron chi connectivity index (χ3n) is 3.49. The molecule has 0 aliphatic carbocycles. The lowest BCUT2D eigenvalue weighted by Crippen LogP contribution is -2.06. The maximum atomic E-state index is 4.45. The predicted octanol–water partition coefficient (Wildman–Crippen LogP) is 4.61. The van der Waals surface area contributed by atoms with Gasteiger partial charge in [-0.1, -0.05) is 35.9 Å². The van der Waals surface area contributed by atoms with Gasteiger partial charge in [-0.2, -0.15) is 10.1 Å². The molecule has 1 heterocycles. The highest BCUT2D eigenvalue weighted by atomic mass is 79.9. The molecule has 0 unspecified atom stereocenters. The Bertz CT molecular complexity index is 850. The van der Waals surface area contributed by atoms with E-state index >= 15 is 0 Å². The molecule has 0 saturated carbocycles. The van der Waals surface area contributed by atoms with E-state index in [1.807, 2.05) is 31.2 Å². The van der Waals surface area contributed by atoms with Crippen LogP contribution in [0.25, 0.3) is 0 Å². The first-order valence-corrected chi connectivity index (χ1v) is 8.42. The Morgan fingerprint density at radius 3 is 2.67 bits per heavy atom. The minimum absolute atomic E-state index is 0.453. The van der Waals surface area contributed by atoms with Crippen LogP contribution in [0.4, 0.5) is 17.5 Å². The van der Waals surface area contributed by atoms with Gasteiger partial charge in [-0.05, 0) is 53.0 Å². The average Bonchev–Trinajstić information content (AvgIpc) is 2.56. The van der Waals surface area contributed by atoms with E-state index in [1.165, 1.54) is 16.7 Å². The Kier molecular flexibility index (Phi) is 5.05. The number of nitrogens with zero attached hydrogens (tertiary/aromatic N) is 3. The van der Waals surface area contributed by atoms with Crippen LogP contribution in [-0.2, 0) is 6.54 Å². The highest BCUT2D eigenvalue weighted by Crippen LogP contribution is 2.25. The van der Waals surface area contributed by atoms with Crippen molar-refractivity contribution >= 4 is 33.4 Å². The average molecular weight is 384 g/mol. The summed E-state index contributed by atoms with van der Waals surface area (Å²) < 4.78 is 0.962. The van der Waals surface area contributed by atoms with E-state index in [-0.39, 0.29) is 0 Å². The summed E-state index contributed by atoms with van der Waals surface area (Å²) in [7, 11) is 0. The molecule has 0 fully saturated rings. The fourth-order valence-electron chi connectivity index (χ4n) is 2.30. The van der Waals surface area contributed by atoms with Gasteiger partial charge in [-0.3, -0.25) is 0 Å². The molecule has 0 spiro atoms. The Morgan fingerprint density at radius 1 is 1.04 bits per heavy atom. The first-order chi connectivity index (χ1) is 11.6. The van der Waals surface area contributed by atoms with E-state index in [0.717, 1.165) is 10.2 Å². The zero-order valence-corrected chi connectivity index (χ0v) is 15.1. The molecule has 6 heteroatoms. The minimum Gasteiger partial charge on any atom is -0.365 e. The van der Waals surface area contributed by atoms with Crippen LogP contribution in [0.3, 0.4) is 0 Å². The Morgan fingerprint density at radius 2 is 1.88 bits per heavy atom. The van der Waals surface area contributed by atoms with Gasteiger partial charge in [0.1, 0.15) is 0 Å². The summed E-state index contributed by atoms with van der Waals surface area (Å²) in [6.07, 6.45) is 1.62. The maximum Gasteiger partial charge on any atom is 0.249 e. The van der Waals surface area contributed by atoms with Crippen molar-refractivity contribution in [3.8, 4) is 0 Å². The fourth-order valence-corrected chi connectivity index (χ4v) is 2.89. The predicted molar refractivity (Wildman–Crippen MR) is 100 cm³/mol. The van der Waals surface area contributed by atoms with Crippen LogP contribution in [0.2, 0.25) is 0 Å². The molecule has 0 saturated heterocycles. The highest BCUT2D eigenvalue weighted by Gasteiger charge is 2.05. The van der Waals surface area contributed by atoms with Crippen LogP contribution in [0, 0.1) is 13.8 Å². The smallest absolute Gasteiger partial charge is 0.249 e. The number of halogens is 1. The van der Waals surface area contributed by atoms with Gasteiger partial charge in [-0.25, -0.2) is 0 Å². The molecule has 5 nitrogen and oxygen atoms in total. The van der Waals surface area contributed by atoms with Gasteiger partial charge in [0.05, 0.1) is 11.9 Å². The van der Waals surface area contributed by atoms with Crippen molar-refractivity contribution in [3.63, 3.8) is 0 Å². The summed E-state index contributed by atoms with van der Waals surface area (Å²) in [5.74, 6) is 1.13. The number of anilines is 3. The summed E-state index contributed by atoms with van der Waals surface area (Å²) in [4.78, 5) is 4.45. The SMILES string of the molecule is Cc1cccc(CNc2cnnc(Nc3ccc(C)cc3Br)n2)c1. The third kappa shape index (κ3) is 4.29. The Balaban J connectivity index is 1.69. The van der Waals surface area contributed by atoms with E-state index in [1.54, 1.807) is 6.20 Å². The molecule has 24 heavy (non-hydrogen) atoms. The summed E-state index contributed by atoms with van der Waals surface area (Å²) in [5, 5.41) is 14.5. The molecule has 2 aromatic carbocycles. The second-order valence-electron chi connectivity index (χ2n) is 5.62. The zero-order valence-electron chi connectivity index (χ0n) is 13.5. The molecule has 2 N–H and O–H groups in total. The minimum atomic E-state index is 0.453. The number of rotatable bonds is 5. The van der Waals surface area contributed by atoms with Gasteiger partial charge in [0.25, 0.3) is 0 Å². The second kappa shape index (κ2) is 7.40. The van der Waals surface area contributed by atoms with E-state index in [9.17, 15) is 0 Å². The van der Waals surface area contributed by atoms with Gasteiger partial charge >= 0.3 is 0 Å². The monoisotopic (exact) mass is 383 g/mol. The van der Waals surface area contributed by atoms with Crippen molar-refractivity contribution in [1.29, 1.82) is 0 Å². The van der Waals surface area contributed by atoms with Crippen LogP contribution >= 0.6 is 15.9 Å². The molecule has 0 radical (unpaired) electrons. The Labute approximate surface area is 149 Å². The molecule has 3 aromatic rings. The molecule has 0 aliphatic heterocycles. The molecule has 122 valence electrons. The Hall–Kier alpha value is -2.47. The van der Waals surface area contributed by atoms with E-state index < -0.39 is 0 Å². The number of hydrogen-bond acceptors (Lipinski definition) is 5. The zero-order chi connectivity index (χ0) is 16.9. The lowest BCUT2D eigenvalue weighted by molar-refractivity contribution is 0.965. The van der Waals surface area contributed by atoms with Crippen molar-refractivity contribution in [3.05, 3.63) is 69.8 Å². The van der Waals surface area contributed by atoms with Crippen molar-refractivity contribution in [2.75, 3.05) is 10.6 Å². The first kappa shape index (κ1) is 16.4. The van der Waals surface area contributed by atoms with Crippen molar-refractivity contribution < 1.29 is 0 Å². The number of benzene rings is 2. The third-order valence-corrected chi connectivity index (χ3v) is 4.14. The molecule has 0 aliphatic rings. The molecule has 0 bridgehead atoms. The summed E-state index contributed by atoms with van der Waals surface area (Å²) >= 11 is 3.54. The van der Waals surface area contributed by atoms with Gasteiger partial charge in [0.2, 0.25) is 5.95 Å². The number of aromatic nitrogens is 3. The number of hydrogen-bond donors (Lipinski definition) is 2. The lowest BCUT2D eigenvalue weighted by atomic mass is 10.1. The number of nitrogens with one attached hydrogen (secondary N) is 2. The molecule has 3 rings (SSSR count). The summed E-state index contributed by atoms with van der Waals surface area (Å²) in [6, 6.07) is 14.4. The normalized spacial score (nSPS) is 10.5. The van der Waals surface area contributed by atoms with Crippen LogP contribution in [0.1, 0.15) is 16.7 Å². The standard InChI is InChI=1S/C18H18BrN5/c1-12-4-3-5-14(8-12)10-20-17-11-21-24-18(23-17)22-16-7-6-13(2)9-15(16)19/h3-9,11H,10H2,1-2H3,(H2,20,22,23,24). The summed E-state index contributed by atoms with van der Waals surface area (Å²) in [6.45, 7) is 4.81. The van der Waals surface area contributed by atoms with Crippen molar-refractivity contribution in [1.82, 2.24) is 15.2 Å². The van der Waals surface area contributed by atoms with Crippen LogP contribution in [0.15, 0.2) is 53.1 Å². The van der Waals surface area contributed by atoms with E-state index in [4.69, 9.17) is 0 Å². The second-order valence-corrected chi connectivity index (χ2v) is 6.47. The van der Waals surface area contributed by atoms with Gasteiger partial charge in [0, 0.05) is 11.0 Å². The molecular weight excluding hydrogens is 366 g/mol. The van der Waals surface area contributed by atoms with Crippen molar-refractivity contribution in [2.24, 2.45) is 0 Å². The fraction of sp³-hybridized carbons (Fsp3) is 0.167. The highest BCUT2D eigenvalue weighted by molar-refractivity contribution is 9.10. The molecule has 0 amide bonds. The molecule has 1 aromatic heterocycles. The number of aryl methyl sites for hydroxylation is 2. The van der Waals surface area contributed by atoms with Gasteiger partial charge in [0.15, 0.2) is 5.82 Å². The van der Waals surface area contributed by atoms with Crippen LogP contribution in [0.5, 0.6) is 0 Å². The summed E-state index contributed by atoms with van der Waals surface area (Å²) in [5.41, 5.74) is 4.52. The first-order valence-electron chi connectivity index (χ1n) is 7.62. The van der Waals surface area contributed by atoms with E-state index in [2.05, 4.69) is 66.9 Å². The largest absolute Gasteiger partial charge is 0.365 e. The van der Waals surface area contributed by atoms with E-state index in [0.29, 0.717) is 18.3 Å². The quantitative estimate of drug-likeness (QED) is 0.673. The van der Waals surface area contributed by atoms with Gasteiger partial charge in [-0.15, -0.1) is 5.10 Å². The van der Waals surface area contributed by atoms with Crippen LogP contribution < -0.4 is 10.6 Å². The molecular formula is C18H18BrN5. The lowest BCUT2D eigenvalue weighted by Gasteiger charge is -2.09. The van der Waals surface area contributed by atoms with Gasteiger partial charge < -0.3 is 10.6 Å². The van der Waals surface area contributed by atoms with Crippen molar-refractivity contribution in [2.45, 2.75) is 20.4 Å². The molecule has 0 atom stereocenters. The van der Waals surface area contributed by atoms with Crippen LogP contribution in [-0.4, -0.2) is 15.2 Å².